The average molecular weight is 411 g/mol. The number of carbonyl (C=O) groups excluding carboxylic acids is 2. The molecule has 8 heteroatoms. The fourth-order valence-electron chi connectivity index (χ4n) is 2.21. The minimum Gasteiger partial charge on any atom is -0.484 e. The van der Waals surface area contributed by atoms with Crippen LogP contribution in [0.25, 0.3) is 0 Å². The number of hydrogen-bond acceptors (Lipinski definition) is 6. The third-order valence-electron chi connectivity index (χ3n) is 3.40. The van der Waals surface area contributed by atoms with Crippen LogP contribution in [0.2, 0.25) is 0 Å². The second-order valence-corrected chi connectivity index (χ2v) is 5.84. The first-order valence-electron chi connectivity index (χ1n) is 7.62. The van der Waals surface area contributed by atoms with E-state index in [1.54, 1.807) is 0 Å². The van der Waals surface area contributed by atoms with E-state index in [-0.39, 0.29) is 23.7 Å². The number of ether oxygens (including phenoxy) is 3. The SMILES string of the molecule is COC(=O)c1nn(CCCBr)c(C(=O)OC)c1OCc1ccccc1. The molecule has 0 aliphatic rings. The van der Waals surface area contributed by atoms with E-state index in [2.05, 4.69) is 21.0 Å². The maximum absolute atomic E-state index is 12.2. The molecule has 134 valence electrons. The van der Waals surface area contributed by atoms with E-state index >= 15 is 0 Å². The lowest BCUT2D eigenvalue weighted by Gasteiger charge is -2.09. The number of alkyl halides is 1. The Morgan fingerprint density at radius 2 is 1.80 bits per heavy atom. The lowest BCUT2D eigenvalue weighted by Crippen LogP contribution is -2.13. The highest BCUT2D eigenvalue weighted by atomic mass is 79.9. The van der Waals surface area contributed by atoms with Crippen LogP contribution in [0.3, 0.4) is 0 Å². The molecule has 0 spiro atoms. The van der Waals surface area contributed by atoms with Gasteiger partial charge in [-0.1, -0.05) is 46.3 Å². The summed E-state index contributed by atoms with van der Waals surface area (Å²) in [4.78, 5) is 24.3. The number of aryl methyl sites for hydroxylation is 1. The minimum absolute atomic E-state index is 0.0478. The van der Waals surface area contributed by atoms with Crippen LogP contribution in [-0.4, -0.2) is 41.3 Å². The Balaban J connectivity index is 2.42. The van der Waals surface area contributed by atoms with E-state index in [0.717, 1.165) is 10.9 Å². The van der Waals surface area contributed by atoms with Gasteiger partial charge in [0.15, 0.2) is 11.4 Å². The Kier molecular flexibility index (Phi) is 7.00. The molecule has 2 rings (SSSR count). The zero-order valence-corrected chi connectivity index (χ0v) is 15.6. The van der Waals surface area contributed by atoms with Crippen LogP contribution in [-0.2, 0) is 22.6 Å². The van der Waals surface area contributed by atoms with E-state index in [1.165, 1.54) is 18.9 Å². The summed E-state index contributed by atoms with van der Waals surface area (Å²) in [6.07, 6.45) is 0.713. The molecule has 0 unspecified atom stereocenters. The van der Waals surface area contributed by atoms with E-state index in [1.807, 2.05) is 30.3 Å². The molecule has 0 N–H and O–H groups in total. The Hall–Kier alpha value is -2.35. The molecule has 0 bridgehead atoms. The maximum Gasteiger partial charge on any atom is 0.362 e. The summed E-state index contributed by atoms with van der Waals surface area (Å²) in [5, 5.41) is 4.92. The molecule has 0 aliphatic carbocycles. The van der Waals surface area contributed by atoms with Gasteiger partial charge in [0.2, 0.25) is 5.69 Å². The van der Waals surface area contributed by atoms with Crippen molar-refractivity contribution in [3.05, 3.63) is 47.3 Å². The van der Waals surface area contributed by atoms with Crippen LogP contribution in [0.15, 0.2) is 30.3 Å². The Morgan fingerprint density at radius 3 is 2.40 bits per heavy atom. The van der Waals surface area contributed by atoms with Gasteiger partial charge in [-0.2, -0.15) is 5.10 Å². The lowest BCUT2D eigenvalue weighted by molar-refractivity contribution is 0.0580. The van der Waals surface area contributed by atoms with Crippen molar-refractivity contribution in [2.75, 3.05) is 19.5 Å². The molecule has 0 amide bonds. The highest BCUT2D eigenvalue weighted by Crippen LogP contribution is 2.27. The Morgan fingerprint density at radius 1 is 1.12 bits per heavy atom. The molecule has 0 aliphatic heterocycles. The highest BCUT2D eigenvalue weighted by Gasteiger charge is 2.30. The molecule has 1 heterocycles. The summed E-state index contributed by atoms with van der Waals surface area (Å²) in [5.74, 6) is -1.23. The van der Waals surface area contributed by atoms with Gasteiger partial charge in [0.1, 0.15) is 6.61 Å². The summed E-state index contributed by atoms with van der Waals surface area (Å²) in [7, 11) is 2.52. The molecular weight excluding hydrogens is 392 g/mol. The maximum atomic E-state index is 12.2. The monoisotopic (exact) mass is 410 g/mol. The average Bonchev–Trinajstić information content (AvgIpc) is 3.02. The summed E-state index contributed by atoms with van der Waals surface area (Å²) in [6.45, 7) is 0.605. The van der Waals surface area contributed by atoms with Crippen molar-refractivity contribution in [2.45, 2.75) is 19.6 Å². The zero-order chi connectivity index (χ0) is 18.2. The first kappa shape index (κ1) is 19.0. The zero-order valence-electron chi connectivity index (χ0n) is 14.0. The largest absolute Gasteiger partial charge is 0.484 e. The van der Waals surface area contributed by atoms with Gasteiger partial charge < -0.3 is 14.2 Å². The van der Waals surface area contributed by atoms with Crippen molar-refractivity contribution in [1.82, 2.24) is 9.78 Å². The highest BCUT2D eigenvalue weighted by molar-refractivity contribution is 9.09. The molecule has 2 aromatic rings. The van der Waals surface area contributed by atoms with Crippen molar-refractivity contribution in [1.29, 1.82) is 0 Å². The molecule has 1 aromatic heterocycles. The van der Waals surface area contributed by atoms with Gasteiger partial charge in [-0.3, -0.25) is 4.68 Å². The first-order valence-corrected chi connectivity index (χ1v) is 8.74. The second-order valence-electron chi connectivity index (χ2n) is 5.05. The summed E-state index contributed by atoms with van der Waals surface area (Å²) in [5.41, 5.74) is 0.940. The molecule has 25 heavy (non-hydrogen) atoms. The van der Waals surface area contributed by atoms with Gasteiger partial charge in [0, 0.05) is 11.9 Å². The van der Waals surface area contributed by atoms with E-state index in [9.17, 15) is 9.59 Å². The molecule has 0 fully saturated rings. The van der Waals surface area contributed by atoms with Crippen LogP contribution < -0.4 is 4.74 Å². The van der Waals surface area contributed by atoms with Crippen LogP contribution in [0.1, 0.15) is 33.0 Å². The fourth-order valence-corrected chi connectivity index (χ4v) is 2.46. The van der Waals surface area contributed by atoms with Crippen LogP contribution >= 0.6 is 15.9 Å². The van der Waals surface area contributed by atoms with Gasteiger partial charge in [0.05, 0.1) is 14.2 Å². The second kappa shape index (κ2) is 9.22. The summed E-state index contributed by atoms with van der Waals surface area (Å²) >= 11 is 3.33. The molecule has 0 radical (unpaired) electrons. The summed E-state index contributed by atoms with van der Waals surface area (Å²) < 4.78 is 16.8. The summed E-state index contributed by atoms with van der Waals surface area (Å²) in [6, 6.07) is 9.40. The van der Waals surface area contributed by atoms with E-state index < -0.39 is 11.9 Å². The molecule has 0 saturated carbocycles. The standard InChI is InChI=1S/C17H19BrN2O5/c1-23-16(21)13-15(25-11-12-7-4-3-5-8-12)14(17(22)24-2)20(19-13)10-6-9-18/h3-5,7-8H,6,9-11H2,1-2H3. The van der Waals surface area contributed by atoms with Gasteiger partial charge in [-0.15, -0.1) is 0 Å². The van der Waals surface area contributed by atoms with Crippen molar-refractivity contribution in [3.8, 4) is 5.75 Å². The number of hydrogen-bond donors (Lipinski definition) is 0. The normalized spacial score (nSPS) is 10.4. The number of rotatable bonds is 8. The predicted octanol–water partition coefficient (Wildman–Crippen LogP) is 2.82. The van der Waals surface area contributed by atoms with Crippen molar-refractivity contribution >= 4 is 27.9 Å². The molecular formula is C17H19BrN2O5. The number of benzene rings is 1. The number of methoxy groups -OCH3 is 2. The molecule has 7 nitrogen and oxygen atoms in total. The Labute approximate surface area is 154 Å². The topological polar surface area (TPSA) is 79.7 Å². The van der Waals surface area contributed by atoms with Gasteiger partial charge >= 0.3 is 11.9 Å². The van der Waals surface area contributed by atoms with Gasteiger partial charge in [-0.25, -0.2) is 9.59 Å². The van der Waals surface area contributed by atoms with Crippen molar-refractivity contribution < 1.29 is 23.8 Å². The third kappa shape index (κ3) is 4.60. The van der Waals surface area contributed by atoms with Crippen LogP contribution in [0.4, 0.5) is 0 Å². The lowest BCUT2D eigenvalue weighted by atomic mass is 10.2. The van der Waals surface area contributed by atoms with Crippen LogP contribution in [0.5, 0.6) is 5.75 Å². The number of esters is 2. The van der Waals surface area contributed by atoms with Gasteiger partial charge in [-0.05, 0) is 12.0 Å². The number of aromatic nitrogens is 2. The molecule has 0 saturated heterocycles. The third-order valence-corrected chi connectivity index (χ3v) is 3.96. The number of carbonyl (C=O) groups is 2. The number of halogens is 1. The van der Waals surface area contributed by atoms with Crippen molar-refractivity contribution in [2.24, 2.45) is 0 Å². The minimum atomic E-state index is -0.675. The van der Waals surface area contributed by atoms with Gasteiger partial charge in [0.25, 0.3) is 0 Å². The molecule has 1 aromatic carbocycles. The van der Waals surface area contributed by atoms with E-state index in [4.69, 9.17) is 14.2 Å². The smallest absolute Gasteiger partial charge is 0.362 e. The quantitative estimate of drug-likeness (QED) is 0.491. The Bertz CT molecular complexity index is 730. The van der Waals surface area contributed by atoms with E-state index in [0.29, 0.717) is 13.0 Å². The first-order chi connectivity index (χ1) is 12.1. The predicted molar refractivity (Wildman–Crippen MR) is 94.1 cm³/mol. The van der Waals surface area contributed by atoms with Crippen molar-refractivity contribution in [3.63, 3.8) is 0 Å². The fraction of sp³-hybridized carbons (Fsp3) is 0.353. The number of nitrogens with zero attached hydrogens (tertiary/aromatic N) is 2. The van der Waals surface area contributed by atoms with Crippen LogP contribution in [0, 0.1) is 0 Å². The molecule has 0 atom stereocenters.